The molecule has 1 aromatic carbocycles. The maximum Gasteiger partial charge on any atom is 0.308 e. The van der Waals surface area contributed by atoms with E-state index in [9.17, 15) is 18.0 Å². The highest BCUT2D eigenvalue weighted by Gasteiger charge is 2.32. The van der Waals surface area contributed by atoms with Crippen molar-refractivity contribution in [3.05, 3.63) is 23.8 Å². The highest BCUT2D eigenvalue weighted by molar-refractivity contribution is 7.89. The number of hydrogen-bond acceptors (Lipinski definition) is 5. The zero-order valence-electron chi connectivity index (χ0n) is 12.8. The largest absolute Gasteiger partial charge is 0.495 e. The third-order valence-electron chi connectivity index (χ3n) is 3.79. The van der Waals surface area contributed by atoms with E-state index in [0.717, 1.165) is 0 Å². The van der Waals surface area contributed by atoms with Crippen LogP contribution in [0.4, 0.5) is 0 Å². The molecule has 1 aliphatic rings. The van der Waals surface area contributed by atoms with Crippen LogP contribution < -0.4 is 9.46 Å². The van der Waals surface area contributed by atoms with Gasteiger partial charge in [0, 0.05) is 18.7 Å². The Morgan fingerprint density at radius 3 is 2.61 bits per heavy atom. The number of benzene rings is 1. The minimum atomic E-state index is -3.78. The van der Waals surface area contributed by atoms with E-state index in [2.05, 4.69) is 4.72 Å². The molecule has 2 N–H and O–H groups in total. The maximum atomic E-state index is 12.5. The van der Waals surface area contributed by atoms with Crippen molar-refractivity contribution in [1.82, 2.24) is 9.62 Å². The molecule has 9 heteroatoms. The van der Waals surface area contributed by atoms with Gasteiger partial charge in [-0.3, -0.25) is 9.59 Å². The molecule has 1 fully saturated rings. The fraction of sp³-hybridized carbons (Fsp3) is 0.429. The van der Waals surface area contributed by atoms with Gasteiger partial charge in [0.05, 0.1) is 13.0 Å². The predicted molar refractivity (Wildman–Crippen MR) is 80.9 cm³/mol. The Morgan fingerprint density at radius 1 is 1.39 bits per heavy atom. The van der Waals surface area contributed by atoms with Crippen LogP contribution >= 0.6 is 0 Å². The number of carbonyl (C=O) groups is 2. The van der Waals surface area contributed by atoms with Crippen LogP contribution in [0.5, 0.6) is 5.75 Å². The Morgan fingerprint density at radius 2 is 2.09 bits per heavy atom. The lowest BCUT2D eigenvalue weighted by Crippen LogP contribution is -2.30. The van der Waals surface area contributed by atoms with Gasteiger partial charge < -0.3 is 14.7 Å². The van der Waals surface area contributed by atoms with Crippen LogP contribution in [0, 0.1) is 5.92 Å². The lowest BCUT2D eigenvalue weighted by atomic mass is 10.1. The Labute approximate surface area is 134 Å². The predicted octanol–water partition coefficient (Wildman–Crippen LogP) is 0.150. The number of hydrogen-bond donors (Lipinski definition) is 2. The minimum Gasteiger partial charge on any atom is -0.495 e. The van der Waals surface area contributed by atoms with Crippen molar-refractivity contribution in [1.29, 1.82) is 0 Å². The second-order valence-corrected chi connectivity index (χ2v) is 7.00. The molecule has 8 nitrogen and oxygen atoms in total. The SMILES string of the molecule is CNS(=O)(=O)c1cc(C(=O)N2CC[C@@H](C(=O)O)C2)ccc1OC. The first kappa shape index (κ1) is 17.2. The number of methoxy groups -OCH3 is 1. The highest BCUT2D eigenvalue weighted by atomic mass is 32.2. The Balaban J connectivity index is 2.32. The summed E-state index contributed by atoms with van der Waals surface area (Å²) in [4.78, 5) is 24.7. The van der Waals surface area contributed by atoms with Gasteiger partial charge in [-0.2, -0.15) is 0 Å². The van der Waals surface area contributed by atoms with Crippen LogP contribution in [0.1, 0.15) is 16.8 Å². The molecule has 0 radical (unpaired) electrons. The van der Waals surface area contributed by atoms with Crippen molar-refractivity contribution in [3.8, 4) is 5.75 Å². The van der Waals surface area contributed by atoms with Crippen molar-refractivity contribution in [2.45, 2.75) is 11.3 Å². The second-order valence-electron chi connectivity index (χ2n) is 5.15. The van der Waals surface area contributed by atoms with Crippen molar-refractivity contribution < 1.29 is 27.9 Å². The summed E-state index contributed by atoms with van der Waals surface area (Å²) in [5, 5.41) is 8.99. The molecule has 1 amide bonds. The number of aliphatic carboxylic acids is 1. The van der Waals surface area contributed by atoms with Gasteiger partial charge >= 0.3 is 5.97 Å². The summed E-state index contributed by atoms with van der Waals surface area (Å²) in [5.74, 6) is -1.80. The second kappa shape index (κ2) is 6.55. The van der Waals surface area contributed by atoms with E-state index < -0.39 is 27.8 Å². The summed E-state index contributed by atoms with van der Waals surface area (Å²) < 4.78 is 31.2. The molecule has 0 unspecified atom stereocenters. The summed E-state index contributed by atoms with van der Waals surface area (Å²) in [6.45, 7) is 0.449. The van der Waals surface area contributed by atoms with Crippen LogP contribution in [-0.4, -0.2) is 57.5 Å². The number of carbonyl (C=O) groups excluding carboxylic acids is 1. The van der Waals surface area contributed by atoms with Gasteiger partial charge in [-0.1, -0.05) is 0 Å². The van der Waals surface area contributed by atoms with Crippen molar-refractivity contribution in [3.63, 3.8) is 0 Å². The van der Waals surface area contributed by atoms with Crippen LogP contribution in [0.25, 0.3) is 0 Å². The first-order chi connectivity index (χ1) is 10.8. The van der Waals surface area contributed by atoms with E-state index in [0.29, 0.717) is 13.0 Å². The number of carboxylic acids is 1. The molecule has 1 atom stereocenters. The summed E-state index contributed by atoms with van der Waals surface area (Å²) in [6, 6.07) is 4.10. The van der Waals surface area contributed by atoms with Crippen molar-refractivity contribution in [2.24, 2.45) is 5.92 Å². The number of sulfonamides is 1. The van der Waals surface area contributed by atoms with E-state index in [4.69, 9.17) is 9.84 Å². The smallest absolute Gasteiger partial charge is 0.308 e. The molecule has 1 saturated heterocycles. The standard InChI is InChI=1S/C14H18N2O6S/c1-15-23(20,21)12-7-9(3-4-11(12)22-2)13(17)16-6-5-10(8-16)14(18)19/h3-4,7,10,15H,5-6,8H2,1-2H3,(H,18,19)/t10-/m1/s1. The molecular weight excluding hydrogens is 324 g/mol. The van der Waals surface area contributed by atoms with Gasteiger partial charge in [0.15, 0.2) is 0 Å². The highest BCUT2D eigenvalue weighted by Crippen LogP contribution is 2.26. The number of carboxylic acid groups (broad SMARTS) is 1. The zero-order chi connectivity index (χ0) is 17.2. The molecule has 1 heterocycles. The van der Waals surface area contributed by atoms with E-state index in [1.54, 1.807) is 0 Å². The van der Waals surface area contributed by atoms with Gasteiger partial charge in [0.25, 0.3) is 5.91 Å². The Hall–Kier alpha value is -2.13. The number of rotatable bonds is 5. The van der Waals surface area contributed by atoms with Crippen molar-refractivity contribution in [2.75, 3.05) is 27.2 Å². The normalized spacial score (nSPS) is 18.0. The third kappa shape index (κ3) is 3.45. The molecule has 0 saturated carbocycles. The number of nitrogens with one attached hydrogen (secondary N) is 1. The van der Waals surface area contributed by atoms with Gasteiger partial charge in [0.1, 0.15) is 10.6 Å². The lowest BCUT2D eigenvalue weighted by Gasteiger charge is -2.17. The summed E-state index contributed by atoms with van der Waals surface area (Å²) in [5.41, 5.74) is 0.172. The number of amides is 1. The monoisotopic (exact) mass is 342 g/mol. The molecular formula is C14H18N2O6S. The molecule has 23 heavy (non-hydrogen) atoms. The van der Waals surface area contributed by atoms with E-state index in [-0.39, 0.29) is 22.8 Å². The lowest BCUT2D eigenvalue weighted by molar-refractivity contribution is -0.141. The maximum absolute atomic E-state index is 12.5. The minimum absolute atomic E-state index is 0.119. The molecule has 0 aromatic heterocycles. The Kier molecular flexibility index (Phi) is 4.90. The van der Waals surface area contributed by atoms with Crippen LogP contribution in [0.15, 0.2) is 23.1 Å². The van der Waals surface area contributed by atoms with Gasteiger partial charge in [-0.05, 0) is 31.7 Å². The van der Waals surface area contributed by atoms with Crippen LogP contribution in [0.2, 0.25) is 0 Å². The van der Waals surface area contributed by atoms with Crippen molar-refractivity contribution >= 4 is 21.9 Å². The third-order valence-corrected chi connectivity index (χ3v) is 5.23. The molecule has 1 aliphatic heterocycles. The van der Waals surface area contributed by atoms with Gasteiger partial charge in [-0.15, -0.1) is 0 Å². The van der Waals surface area contributed by atoms with E-state index >= 15 is 0 Å². The summed E-state index contributed by atoms with van der Waals surface area (Å²) in [7, 11) is -1.18. The fourth-order valence-electron chi connectivity index (χ4n) is 2.46. The average molecular weight is 342 g/mol. The zero-order valence-corrected chi connectivity index (χ0v) is 13.6. The summed E-state index contributed by atoms with van der Waals surface area (Å²) >= 11 is 0. The first-order valence-corrected chi connectivity index (χ1v) is 8.42. The molecule has 0 bridgehead atoms. The first-order valence-electron chi connectivity index (χ1n) is 6.94. The van der Waals surface area contributed by atoms with Gasteiger partial charge in [-0.25, -0.2) is 13.1 Å². The molecule has 126 valence electrons. The van der Waals surface area contributed by atoms with Crippen LogP contribution in [0.3, 0.4) is 0 Å². The van der Waals surface area contributed by atoms with Crippen LogP contribution in [-0.2, 0) is 14.8 Å². The summed E-state index contributed by atoms with van der Waals surface area (Å²) in [6.07, 6.45) is 0.388. The van der Waals surface area contributed by atoms with E-state index in [1.165, 1.54) is 37.3 Å². The molecule has 0 spiro atoms. The molecule has 1 aromatic rings. The topological polar surface area (TPSA) is 113 Å². The van der Waals surface area contributed by atoms with Gasteiger partial charge in [0.2, 0.25) is 10.0 Å². The quantitative estimate of drug-likeness (QED) is 0.787. The number of ether oxygens (including phenoxy) is 1. The average Bonchev–Trinajstić information content (AvgIpc) is 3.03. The number of likely N-dealkylation sites (tertiary alicyclic amines) is 1. The molecule has 0 aliphatic carbocycles. The fourth-order valence-corrected chi connectivity index (χ4v) is 3.38. The number of nitrogens with zero attached hydrogens (tertiary/aromatic N) is 1. The van der Waals surface area contributed by atoms with E-state index in [1.807, 2.05) is 0 Å². The Bertz CT molecular complexity index is 731. The molecule has 2 rings (SSSR count).